The molecule has 0 saturated heterocycles. The first kappa shape index (κ1) is 12.5. The van der Waals surface area contributed by atoms with Gasteiger partial charge in [-0.2, -0.15) is 0 Å². The number of rotatable bonds is 4. The fourth-order valence-corrected chi connectivity index (χ4v) is 2.81. The van der Waals surface area contributed by atoms with Crippen LogP contribution >= 0.6 is 15.9 Å². The van der Waals surface area contributed by atoms with E-state index in [-0.39, 0.29) is 0 Å². The van der Waals surface area contributed by atoms with Crippen LogP contribution in [0.25, 0.3) is 0 Å². The van der Waals surface area contributed by atoms with Crippen molar-refractivity contribution >= 4 is 15.9 Å². The third kappa shape index (κ3) is 3.92. The van der Waals surface area contributed by atoms with Crippen LogP contribution in [0.4, 0.5) is 0 Å². The summed E-state index contributed by atoms with van der Waals surface area (Å²) in [5.41, 5.74) is 0. The first-order valence-electron chi connectivity index (χ1n) is 6.27. The standard InChI is InChI=1S/C13H25Br/c1-4-13(14)8-7-12-6-5-10(2)11(3)9-12/h10-13H,4-9H2,1-3H3. The maximum atomic E-state index is 3.73. The van der Waals surface area contributed by atoms with Gasteiger partial charge in [-0.1, -0.05) is 49.5 Å². The van der Waals surface area contributed by atoms with Gasteiger partial charge in [-0.05, 0) is 43.4 Å². The Morgan fingerprint density at radius 1 is 1.21 bits per heavy atom. The van der Waals surface area contributed by atoms with E-state index in [2.05, 4.69) is 36.7 Å². The highest BCUT2D eigenvalue weighted by molar-refractivity contribution is 9.09. The molecule has 4 unspecified atom stereocenters. The maximum Gasteiger partial charge on any atom is 0.0143 e. The summed E-state index contributed by atoms with van der Waals surface area (Å²) in [5.74, 6) is 2.95. The van der Waals surface area contributed by atoms with E-state index in [4.69, 9.17) is 0 Å². The molecule has 1 heteroatoms. The third-order valence-corrected chi connectivity index (χ3v) is 5.14. The van der Waals surface area contributed by atoms with E-state index < -0.39 is 0 Å². The van der Waals surface area contributed by atoms with Crippen LogP contribution < -0.4 is 0 Å². The van der Waals surface area contributed by atoms with Crippen molar-refractivity contribution in [3.63, 3.8) is 0 Å². The molecule has 0 aliphatic heterocycles. The Balaban J connectivity index is 2.20. The zero-order chi connectivity index (χ0) is 10.6. The van der Waals surface area contributed by atoms with Gasteiger partial charge < -0.3 is 0 Å². The molecule has 0 heterocycles. The van der Waals surface area contributed by atoms with Gasteiger partial charge >= 0.3 is 0 Å². The summed E-state index contributed by atoms with van der Waals surface area (Å²) in [5, 5.41) is 0. The molecule has 0 radical (unpaired) electrons. The van der Waals surface area contributed by atoms with Crippen LogP contribution in [0.15, 0.2) is 0 Å². The molecular formula is C13H25Br. The highest BCUT2D eigenvalue weighted by atomic mass is 79.9. The van der Waals surface area contributed by atoms with E-state index in [1.165, 1.54) is 38.5 Å². The van der Waals surface area contributed by atoms with Crippen molar-refractivity contribution in [2.75, 3.05) is 0 Å². The van der Waals surface area contributed by atoms with E-state index in [1.54, 1.807) is 0 Å². The highest BCUT2D eigenvalue weighted by Gasteiger charge is 2.24. The van der Waals surface area contributed by atoms with Gasteiger partial charge in [-0.25, -0.2) is 0 Å². The quantitative estimate of drug-likeness (QED) is 0.624. The fraction of sp³-hybridized carbons (Fsp3) is 1.00. The fourth-order valence-electron chi connectivity index (χ4n) is 2.54. The molecular weight excluding hydrogens is 236 g/mol. The van der Waals surface area contributed by atoms with Gasteiger partial charge in [0.1, 0.15) is 0 Å². The maximum absolute atomic E-state index is 3.73. The monoisotopic (exact) mass is 260 g/mol. The summed E-state index contributed by atoms with van der Waals surface area (Å²) in [6, 6.07) is 0. The van der Waals surface area contributed by atoms with Crippen LogP contribution in [0, 0.1) is 17.8 Å². The molecule has 4 atom stereocenters. The third-order valence-electron chi connectivity index (χ3n) is 4.04. The van der Waals surface area contributed by atoms with Crippen molar-refractivity contribution < 1.29 is 0 Å². The molecule has 0 aromatic rings. The van der Waals surface area contributed by atoms with E-state index in [9.17, 15) is 0 Å². The molecule has 1 aliphatic carbocycles. The lowest BCUT2D eigenvalue weighted by atomic mass is 9.74. The second kappa shape index (κ2) is 6.15. The van der Waals surface area contributed by atoms with Gasteiger partial charge in [0.2, 0.25) is 0 Å². The molecule has 0 bridgehead atoms. The molecule has 84 valence electrons. The van der Waals surface area contributed by atoms with Crippen LogP contribution in [-0.2, 0) is 0 Å². The molecule has 0 N–H and O–H groups in total. The second-order valence-corrected chi connectivity index (χ2v) is 6.51. The molecule has 1 aliphatic rings. The first-order chi connectivity index (χ1) is 6.63. The minimum Gasteiger partial charge on any atom is -0.0891 e. The van der Waals surface area contributed by atoms with Gasteiger partial charge in [0.25, 0.3) is 0 Å². The Kier molecular flexibility index (Phi) is 5.51. The molecule has 14 heavy (non-hydrogen) atoms. The lowest BCUT2D eigenvalue weighted by Crippen LogP contribution is -2.21. The molecule has 1 fully saturated rings. The van der Waals surface area contributed by atoms with Crippen LogP contribution in [-0.4, -0.2) is 4.83 Å². The topological polar surface area (TPSA) is 0 Å². The zero-order valence-electron chi connectivity index (χ0n) is 9.93. The summed E-state index contributed by atoms with van der Waals surface area (Å²) in [7, 11) is 0. The van der Waals surface area contributed by atoms with E-state index >= 15 is 0 Å². The van der Waals surface area contributed by atoms with Crippen LogP contribution in [0.3, 0.4) is 0 Å². The van der Waals surface area contributed by atoms with Gasteiger partial charge in [0.15, 0.2) is 0 Å². The zero-order valence-corrected chi connectivity index (χ0v) is 11.5. The lowest BCUT2D eigenvalue weighted by Gasteiger charge is -2.32. The van der Waals surface area contributed by atoms with Crippen molar-refractivity contribution in [3.8, 4) is 0 Å². The Hall–Kier alpha value is 0.480. The molecule has 1 rings (SSSR count). The van der Waals surface area contributed by atoms with Crippen molar-refractivity contribution in [2.45, 2.75) is 64.1 Å². The average Bonchev–Trinajstić information content (AvgIpc) is 2.19. The largest absolute Gasteiger partial charge is 0.0891 e. The summed E-state index contributed by atoms with van der Waals surface area (Å²) >= 11 is 3.73. The minimum absolute atomic E-state index is 0.761. The smallest absolute Gasteiger partial charge is 0.0143 e. The summed E-state index contributed by atoms with van der Waals surface area (Å²) < 4.78 is 0. The van der Waals surface area contributed by atoms with Gasteiger partial charge in [-0.3, -0.25) is 0 Å². The number of halogens is 1. The van der Waals surface area contributed by atoms with Crippen LogP contribution in [0.2, 0.25) is 0 Å². The summed E-state index contributed by atoms with van der Waals surface area (Å²) in [4.78, 5) is 0.761. The minimum atomic E-state index is 0.761. The molecule has 0 aromatic carbocycles. The first-order valence-corrected chi connectivity index (χ1v) is 7.19. The van der Waals surface area contributed by atoms with Crippen LogP contribution in [0.1, 0.15) is 59.3 Å². The number of hydrogen-bond acceptors (Lipinski definition) is 0. The van der Waals surface area contributed by atoms with Gasteiger partial charge in [-0.15, -0.1) is 0 Å². The average molecular weight is 261 g/mol. The molecule has 0 amide bonds. The van der Waals surface area contributed by atoms with E-state index in [0.29, 0.717) is 0 Å². The Morgan fingerprint density at radius 3 is 2.50 bits per heavy atom. The van der Waals surface area contributed by atoms with Crippen molar-refractivity contribution in [1.82, 2.24) is 0 Å². The lowest BCUT2D eigenvalue weighted by molar-refractivity contribution is 0.198. The van der Waals surface area contributed by atoms with Gasteiger partial charge in [0, 0.05) is 4.83 Å². The predicted octanol–water partition coefficient (Wildman–Crippen LogP) is 5.01. The Morgan fingerprint density at radius 2 is 1.93 bits per heavy atom. The molecule has 0 spiro atoms. The normalized spacial score (nSPS) is 35.6. The van der Waals surface area contributed by atoms with Gasteiger partial charge in [0.05, 0.1) is 0 Å². The van der Waals surface area contributed by atoms with Crippen molar-refractivity contribution in [1.29, 1.82) is 0 Å². The number of alkyl halides is 1. The molecule has 0 aromatic heterocycles. The van der Waals surface area contributed by atoms with Crippen molar-refractivity contribution in [3.05, 3.63) is 0 Å². The van der Waals surface area contributed by atoms with Crippen LogP contribution in [0.5, 0.6) is 0 Å². The summed E-state index contributed by atoms with van der Waals surface area (Å²) in [6.07, 6.45) is 8.52. The molecule has 0 nitrogen and oxygen atoms in total. The van der Waals surface area contributed by atoms with E-state index in [1.807, 2.05) is 0 Å². The Labute approximate surface area is 98.0 Å². The predicted molar refractivity (Wildman–Crippen MR) is 67.9 cm³/mol. The highest BCUT2D eigenvalue weighted by Crippen LogP contribution is 2.36. The van der Waals surface area contributed by atoms with Crippen molar-refractivity contribution in [2.24, 2.45) is 17.8 Å². The summed E-state index contributed by atoms with van der Waals surface area (Å²) in [6.45, 7) is 7.12. The second-order valence-electron chi connectivity index (χ2n) is 5.22. The Bertz CT molecular complexity index is 155. The number of hydrogen-bond donors (Lipinski definition) is 0. The van der Waals surface area contributed by atoms with E-state index in [0.717, 1.165) is 22.6 Å². The SMILES string of the molecule is CCC(Br)CCC1CCC(C)C(C)C1. The molecule has 1 saturated carbocycles.